The highest BCUT2D eigenvalue weighted by molar-refractivity contribution is 6.06. The normalized spacial score (nSPS) is 17.4. The maximum absolute atomic E-state index is 12.5. The van der Waals surface area contributed by atoms with Crippen LogP contribution in [0.4, 0.5) is 0 Å². The van der Waals surface area contributed by atoms with Gasteiger partial charge in [0.2, 0.25) is 0 Å². The molecule has 4 aromatic rings. The highest BCUT2D eigenvalue weighted by atomic mass is 16.5. The van der Waals surface area contributed by atoms with Gasteiger partial charge in [0.05, 0.1) is 23.4 Å². The molecule has 3 heterocycles. The Morgan fingerprint density at radius 3 is 3.03 bits per heavy atom. The zero-order valence-electron chi connectivity index (χ0n) is 16.9. The fourth-order valence-corrected chi connectivity index (χ4v) is 4.17. The molecule has 0 radical (unpaired) electrons. The first-order chi connectivity index (χ1) is 14.7. The Morgan fingerprint density at radius 2 is 2.13 bits per heavy atom. The van der Waals surface area contributed by atoms with Gasteiger partial charge in [-0.2, -0.15) is 0 Å². The van der Waals surface area contributed by atoms with Gasteiger partial charge < -0.3 is 15.0 Å². The number of hydrogen-bond donors (Lipinski definition) is 2. The zero-order valence-corrected chi connectivity index (χ0v) is 16.9. The molecule has 1 saturated heterocycles. The van der Waals surface area contributed by atoms with Crippen molar-refractivity contribution in [2.45, 2.75) is 12.6 Å². The fourth-order valence-electron chi connectivity index (χ4n) is 4.17. The monoisotopic (exact) mass is 400 g/mol. The number of para-hydroxylation sites is 1. The van der Waals surface area contributed by atoms with E-state index in [1.165, 1.54) is 10.9 Å². The number of carbonyl (C=O) groups excluding carboxylic acids is 1. The molecule has 2 aromatic heterocycles. The number of rotatable bonds is 4. The molecule has 1 fully saturated rings. The van der Waals surface area contributed by atoms with Gasteiger partial charge in [-0.15, -0.1) is 0 Å². The van der Waals surface area contributed by atoms with Crippen molar-refractivity contribution < 1.29 is 9.53 Å². The highest BCUT2D eigenvalue weighted by Crippen LogP contribution is 2.27. The van der Waals surface area contributed by atoms with E-state index in [0.717, 1.165) is 41.7 Å². The lowest BCUT2D eigenvalue weighted by atomic mass is 10.0. The molecule has 0 aliphatic carbocycles. The predicted octanol–water partition coefficient (Wildman–Crippen LogP) is 3.65. The van der Waals surface area contributed by atoms with Crippen LogP contribution in [0.3, 0.4) is 0 Å². The molecule has 6 nitrogen and oxygen atoms in total. The van der Waals surface area contributed by atoms with Crippen molar-refractivity contribution in [3.05, 3.63) is 77.6 Å². The van der Waals surface area contributed by atoms with Gasteiger partial charge in [-0.05, 0) is 41.3 Å². The van der Waals surface area contributed by atoms with Gasteiger partial charge in [-0.1, -0.05) is 24.3 Å². The van der Waals surface area contributed by atoms with E-state index >= 15 is 0 Å². The maximum atomic E-state index is 12.5. The van der Waals surface area contributed by atoms with Crippen LogP contribution in [0.1, 0.15) is 27.7 Å². The summed E-state index contributed by atoms with van der Waals surface area (Å²) in [6.45, 7) is 3.11. The number of amides is 1. The van der Waals surface area contributed by atoms with E-state index in [9.17, 15) is 4.79 Å². The number of nitrogens with one attached hydrogen (secondary N) is 2. The summed E-state index contributed by atoms with van der Waals surface area (Å²) in [5, 5.41) is 4.82. The van der Waals surface area contributed by atoms with Gasteiger partial charge >= 0.3 is 0 Å². The van der Waals surface area contributed by atoms with Crippen LogP contribution in [0.2, 0.25) is 0 Å². The number of carbonyl (C=O) groups is 1. The second-order valence-corrected chi connectivity index (χ2v) is 7.68. The van der Waals surface area contributed by atoms with Gasteiger partial charge in [0.15, 0.2) is 0 Å². The standard InChI is InChI=1S/C24H24N4O2/c1-25-24(29)19-13-22(27-21-5-3-2-4-18(19)21)23-15-28(10-11-30-23)14-16-6-7-20-17(12-16)8-9-26-20/h2-9,12-13,23,26H,10-11,14-15H2,1H3,(H,25,29). The lowest BCUT2D eigenvalue weighted by Gasteiger charge is -2.33. The van der Waals surface area contributed by atoms with Crippen LogP contribution < -0.4 is 5.32 Å². The van der Waals surface area contributed by atoms with Crippen molar-refractivity contribution in [2.24, 2.45) is 0 Å². The topological polar surface area (TPSA) is 70.2 Å². The first kappa shape index (κ1) is 18.8. The number of aromatic amines is 1. The van der Waals surface area contributed by atoms with E-state index in [4.69, 9.17) is 9.72 Å². The summed E-state index contributed by atoms with van der Waals surface area (Å²) >= 11 is 0. The molecular formula is C24H24N4O2. The zero-order chi connectivity index (χ0) is 20.5. The summed E-state index contributed by atoms with van der Waals surface area (Å²) in [6.07, 6.45) is 1.80. The quantitative estimate of drug-likeness (QED) is 0.549. The number of morpholine rings is 1. The van der Waals surface area contributed by atoms with Crippen molar-refractivity contribution in [2.75, 3.05) is 26.7 Å². The molecule has 1 amide bonds. The van der Waals surface area contributed by atoms with E-state index in [1.54, 1.807) is 7.05 Å². The molecule has 6 heteroatoms. The molecule has 1 aliphatic heterocycles. The Kier molecular flexibility index (Phi) is 4.94. The van der Waals surface area contributed by atoms with Crippen LogP contribution in [-0.2, 0) is 11.3 Å². The van der Waals surface area contributed by atoms with Crippen LogP contribution in [0.5, 0.6) is 0 Å². The predicted molar refractivity (Wildman–Crippen MR) is 117 cm³/mol. The Hall–Kier alpha value is -3.22. The molecule has 2 N–H and O–H groups in total. The lowest BCUT2D eigenvalue weighted by Crippen LogP contribution is -2.38. The van der Waals surface area contributed by atoms with E-state index < -0.39 is 0 Å². The maximum Gasteiger partial charge on any atom is 0.251 e. The average Bonchev–Trinajstić information content (AvgIpc) is 3.26. The second-order valence-electron chi connectivity index (χ2n) is 7.68. The Balaban J connectivity index is 1.41. The van der Waals surface area contributed by atoms with Gasteiger partial charge in [-0.3, -0.25) is 9.69 Å². The summed E-state index contributed by atoms with van der Waals surface area (Å²) in [5.41, 5.74) is 4.68. The largest absolute Gasteiger partial charge is 0.369 e. The Morgan fingerprint density at radius 1 is 1.23 bits per heavy atom. The first-order valence-corrected chi connectivity index (χ1v) is 10.2. The molecule has 1 unspecified atom stereocenters. The van der Waals surface area contributed by atoms with Crippen LogP contribution >= 0.6 is 0 Å². The minimum Gasteiger partial charge on any atom is -0.369 e. The van der Waals surface area contributed by atoms with Crippen LogP contribution in [0.25, 0.3) is 21.8 Å². The van der Waals surface area contributed by atoms with Crippen molar-refractivity contribution >= 4 is 27.7 Å². The third-order valence-electron chi connectivity index (χ3n) is 5.71. The van der Waals surface area contributed by atoms with Crippen LogP contribution in [0, 0.1) is 0 Å². The Bertz CT molecular complexity index is 1220. The summed E-state index contributed by atoms with van der Waals surface area (Å²) < 4.78 is 6.07. The van der Waals surface area contributed by atoms with Gasteiger partial charge in [-0.25, -0.2) is 4.98 Å². The van der Waals surface area contributed by atoms with Crippen LogP contribution in [-0.4, -0.2) is 47.5 Å². The van der Waals surface area contributed by atoms with Gasteiger partial charge in [0, 0.05) is 43.8 Å². The van der Waals surface area contributed by atoms with Crippen molar-refractivity contribution in [1.29, 1.82) is 0 Å². The first-order valence-electron chi connectivity index (χ1n) is 10.2. The minimum absolute atomic E-state index is 0.109. The van der Waals surface area contributed by atoms with E-state index in [0.29, 0.717) is 12.2 Å². The van der Waals surface area contributed by atoms with Gasteiger partial charge in [0.25, 0.3) is 5.91 Å². The molecule has 30 heavy (non-hydrogen) atoms. The molecule has 1 atom stereocenters. The second kappa shape index (κ2) is 7.89. The van der Waals surface area contributed by atoms with Crippen LogP contribution in [0.15, 0.2) is 60.8 Å². The van der Waals surface area contributed by atoms with Crippen molar-refractivity contribution in [1.82, 2.24) is 20.2 Å². The molecule has 1 aliphatic rings. The van der Waals surface area contributed by atoms with Crippen molar-refractivity contribution in [3.8, 4) is 0 Å². The summed E-state index contributed by atoms with van der Waals surface area (Å²) in [4.78, 5) is 22.9. The highest BCUT2D eigenvalue weighted by Gasteiger charge is 2.25. The number of benzene rings is 2. The third-order valence-corrected chi connectivity index (χ3v) is 5.71. The lowest BCUT2D eigenvalue weighted by molar-refractivity contribution is -0.0348. The van der Waals surface area contributed by atoms with E-state index in [1.807, 2.05) is 36.5 Å². The summed E-state index contributed by atoms with van der Waals surface area (Å²) in [6, 6.07) is 18.2. The van der Waals surface area contributed by atoms with Crippen molar-refractivity contribution in [3.63, 3.8) is 0 Å². The number of aromatic nitrogens is 2. The summed E-state index contributed by atoms with van der Waals surface area (Å²) in [5.74, 6) is -0.109. The average molecular weight is 400 g/mol. The SMILES string of the molecule is CNC(=O)c1cc(C2CN(Cc3ccc4[nH]ccc4c3)CCO2)nc2ccccc12. The van der Waals surface area contributed by atoms with Gasteiger partial charge in [0.1, 0.15) is 6.10 Å². The third kappa shape index (κ3) is 3.56. The van der Waals surface area contributed by atoms with E-state index in [2.05, 4.69) is 39.5 Å². The molecular weight excluding hydrogens is 376 g/mol. The minimum atomic E-state index is -0.164. The molecule has 5 rings (SSSR count). The molecule has 0 bridgehead atoms. The summed E-state index contributed by atoms with van der Waals surface area (Å²) in [7, 11) is 1.65. The smallest absolute Gasteiger partial charge is 0.251 e. The number of nitrogens with zero attached hydrogens (tertiary/aromatic N) is 2. The fraction of sp³-hybridized carbons (Fsp3) is 0.250. The number of H-pyrrole nitrogens is 1. The molecule has 152 valence electrons. The number of fused-ring (bicyclic) bond motifs is 2. The Labute approximate surface area is 174 Å². The molecule has 0 saturated carbocycles. The number of pyridine rings is 1. The number of hydrogen-bond acceptors (Lipinski definition) is 4. The molecule has 2 aromatic carbocycles. The molecule has 0 spiro atoms. The number of ether oxygens (including phenoxy) is 1. The van der Waals surface area contributed by atoms with E-state index in [-0.39, 0.29) is 12.0 Å².